The summed E-state index contributed by atoms with van der Waals surface area (Å²) in [7, 11) is 0. The van der Waals surface area contributed by atoms with Crippen LogP contribution in [0.25, 0.3) is 0 Å². The summed E-state index contributed by atoms with van der Waals surface area (Å²) in [6, 6.07) is 22.9. The van der Waals surface area contributed by atoms with Crippen LogP contribution in [-0.2, 0) is 42.9 Å². The van der Waals surface area contributed by atoms with E-state index in [0.29, 0.717) is 5.56 Å². The van der Waals surface area contributed by atoms with E-state index in [4.69, 9.17) is 23.7 Å². The van der Waals surface area contributed by atoms with Gasteiger partial charge in [-0.05, 0) is 54.8 Å². The lowest BCUT2D eigenvalue weighted by Crippen LogP contribution is -2.82. The predicted octanol–water partition coefficient (Wildman–Crippen LogP) is 3.74. The van der Waals surface area contributed by atoms with Crippen LogP contribution in [0.2, 0.25) is 0 Å². The van der Waals surface area contributed by atoms with Crippen molar-refractivity contribution in [3.05, 3.63) is 119 Å². The van der Waals surface area contributed by atoms with E-state index >= 15 is 4.79 Å². The Bertz CT molecular complexity index is 2280. The third-order valence-electron chi connectivity index (χ3n) is 13.5. The fourth-order valence-electron chi connectivity index (χ4n) is 10.2. The average molecular weight is 866 g/mol. The molecule has 1 aliphatic heterocycles. The lowest BCUT2D eigenvalue weighted by molar-refractivity contribution is -0.346. The van der Waals surface area contributed by atoms with Crippen LogP contribution in [0.4, 0.5) is 0 Å². The van der Waals surface area contributed by atoms with Crippen LogP contribution in [0.5, 0.6) is 0 Å². The number of aliphatic hydroxyl groups excluding tert-OH is 2. The van der Waals surface area contributed by atoms with Gasteiger partial charge in [-0.3, -0.25) is 19.2 Å². The van der Waals surface area contributed by atoms with E-state index in [0.717, 1.165) is 13.8 Å². The quantitative estimate of drug-likeness (QED) is 0.130. The van der Waals surface area contributed by atoms with Crippen molar-refractivity contribution in [2.24, 2.45) is 16.7 Å². The molecule has 0 aromatic heterocycles. The Hall–Kier alpha value is -5.74. The Labute approximate surface area is 358 Å². The number of fused-ring (bicyclic) bond motifs is 5. The van der Waals surface area contributed by atoms with Gasteiger partial charge in [0.1, 0.15) is 23.9 Å². The maximum Gasteiger partial charge on any atom is 0.338 e. The predicted molar refractivity (Wildman–Crippen MR) is 218 cm³/mol. The van der Waals surface area contributed by atoms with Crippen molar-refractivity contribution in [2.75, 3.05) is 6.61 Å². The van der Waals surface area contributed by atoms with E-state index in [1.165, 1.54) is 26.0 Å². The van der Waals surface area contributed by atoms with Crippen molar-refractivity contribution in [3.63, 3.8) is 0 Å². The number of esters is 4. The summed E-state index contributed by atoms with van der Waals surface area (Å²) in [5, 5.41) is 40.2. The van der Waals surface area contributed by atoms with Gasteiger partial charge in [-0.15, -0.1) is 0 Å². The summed E-state index contributed by atoms with van der Waals surface area (Å²) in [6.07, 6.45) is -10.5. The van der Waals surface area contributed by atoms with Gasteiger partial charge in [0.25, 0.3) is 5.91 Å². The van der Waals surface area contributed by atoms with Crippen LogP contribution < -0.4 is 5.32 Å². The lowest BCUT2D eigenvalue weighted by Gasteiger charge is -2.67. The maximum absolute atomic E-state index is 15.5. The lowest BCUT2D eigenvalue weighted by atomic mass is 9.44. The van der Waals surface area contributed by atoms with Gasteiger partial charge in [0, 0.05) is 37.7 Å². The van der Waals surface area contributed by atoms with Crippen molar-refractivity contribution < 1.29 is 67.8 Å². The largest absolute Gasteiger partial charge is 0.456 e. The van der Waals surface area contributed by atoms with Crippen LogP contribution in [0.15, 0.2) is 102 Å². The van der Waals surface area contributed by atoms with Crippen molar-refractivity contribution in [1.82, 2.24) is 5.32 Å². The van der Waals surface area contributed by atoms with Gasteiger partial charge in [-0.1, -0.05) is 80.6 Å². The molecule has 1 saturated heterocycles. The summed E-state index contributed by atoms with van der Waals surface area (Å²) in [6.45, 7) is 7.97. The maximum atomic E-state index is 15.5. The smallest absolute Gasteiger partial charge is 0.338 e. The first kappa shape index (κ1) is 44.3. The molecule has 4 aliphatic rings. The van der Waals surface area contributed by atoms with Gasteiger partial charge in [0.15, 0.2) is 23.6 Å². The molecule has 4 N–H and O–H groups in total. The molecule has 2 saturated carbocycles. The SMILES string of the molecule is CC(=O)O[C@H]1C(=O)[C@@]2(C)[C@H]([C@H](OC(=O)[14c]3[14cH][14cH][14cH][14cH][14cH]3)[C@]3(O)C[C@H](OC(=O)[C@H](O)[C@@H](NC(=O)c4ccccc4)c4ccccc4)C(C)=C1C3(C)C)[C@]1(OC(C)=O)CO[C@@H]1C[C@@H]2O. The van der Waals surface area contributed by atoms with Gasteiger partial charge in [-0.2, -0.15) is 0 Å². The van der Waals surface area contributed by atoms with E-state index in [2.05, 4.69) is 5.32 Å². The topological polar surface area (TPSA) is 221 Å². The number of benzene rings is 3. The molecule has 3 aromatic carbocycles. The zero-order chi connectivity index (χ0) is 44.9. The Morgan fingerprint density at radius 1 is 0.903 bits per heavy atom. The standard InChI is InChI=1S/C47H51NO14/c1-25-31(60-43(56)36(52)35(28-16-10-7-11-17-28)48-41(54)29-18-12-8-13-19-29)23-47(57)40(61-42(55)30-20-14-9-15-21-30)38-45(6,32(51)22-33-46(38,24-58-33)62-27(3)50)39(53)37(59-26(2)49)34(25)44(47,4)5/h7-21,31-33,35-38,40,51-52,57H,22-24H2,1-6H3,(H,48,54)/t31-,32-,33+,35-,36+,37+,38-,40-,45+,46-,47+/m0/s1/i9+2,14+2,15+2,20+2,21+2,30+2. The fraction of sp³-hybridized carbons (Fsp3) is 0.447. The second-order valence-corrected chi connectivity index (χ2v) is 17.4. The second kappa shape index (κ2) is 16.5. The molecule has 62 heavy (non-hydrogen) atoms. The number of aliphatic hydroxyl groups is 3. The first-order chi connectivity index (χ1) is 29.3. The summed E-state index contributed by atoms with van der Waals surface area (Å²) in [5.41, 5.74) is -7.02. The number of ether oxygens (including phenoxy) is 5. The molecule has 1 heterocycles. The number of nitrogens with one attached hydrogen (secondary N) is 1. The zero-order valence-electron chi connectivity index (χ0n) is 35.2. The first-order valence-corrected chi connectivity index (χ1v) is 20.5. The number of hydrogen-bond acceptors (Lipinski definition) is 14. The summed E-state index contributed by atoms with van der Waals surface area (Å²) >= 11 is 0. The van der Waals surface area contributed by atoms with Gasteiger partial charge in [-0.25, -0.2) is 9.59 Å². The Morgan fingerprint density at radius 2 is 1.53 bits per heavy atom. The molecule has 2 bridgehead atoms. The fourth-order valence-corrected chi connectivity index (χ4v) is 10.2. The number of rotatable bonds is 10. The third kappa shape index (κ3) is 7.29. The molecule has 328 valence electrons. The second-order valence-electron chi connectivity index (χ2n) is 17.4. The van der Waals surface area contributed by atoms with Crippen molar-refractivity contribution in [2.45, 2.75) is 108 Å². The normalized spacial score (nSPS) is 31.9. The van der Waals surface area contributed by atoms with Crippen LogP contribution in [0, 0.1) is 16.7 Å². The molecule has 0 radical (unpaired) electrons. The number of hydrogen-bond donors (Lipinski definition) is 4. The summed E-state index contributed by atoms with van der Waals surface area (Å²) < 4.78 is 30.3. The highest BCUT2D eigenvalue weighted by Gasteiger charge is 2.78. The molecule has 1 amide bonds. The number of ketones is 1. The van der Waals surface area contributed by atoms with Gasteiger partial charge >= 0.3 is 23.9 Å². The van der Waals surface area contributed by atoms with Crippen LogP contribution >= 0.6 is 0 Å². The van der Waals surface area contributed by atoms with Crippen molar-refractivity contribution in [3.8, 4) is 0 Å². The minimum atomic E-state index is -2.39. The van der Waals surface area contributed by atoms with Crippen molar-refractivity contribution >= 4 is 35.6 Å². The van der Waals surface area contributed by atoms with E-state index < -0.39 is 113 Å². The number of amides is 1. The number of Topliss-reactive ketones (excluding diaryl/α,β-unsaturated/α-hetero) is 1. The molecular formula is C47H51NO14. The van der Waals surface area contributed by atoms with E-state index in [1.807, 2.05) is 0 Å². The Morgan fingerprint density at radius 3 is 2.11 bits per heavy atom. The van der Waals surface area contributed by atoms with Crippen LogP contribution in [0.3, 0.4) is 0 Å². The molecule has 11 atom stereocenters. The number of carbonyl (C=O) groups is 6. The highest BCUT2D eigenvalue weighted by molar-refractivity contribution is 5.96. The van der Waals surface area contributed by atoms with E-state index in [-0.39, 0.29) is 35.3 Å². The minimum Gasteiger partial charge on any atom is -0.456 e. The third-order valence-corrected chi connectivity index (χ3v) is 13.5. The van der Waals surface area contributed by atoms with Gasteiger partial charge in [0.05, 0.1) is 35.6 Å². The Balaban J connectivity index is 1.39. The average Bonchev–Trinajstić information content (AvgIpc) is 3.24. The monoisotopic (exact) mass is 865 g/mol. The highest BCUT2D eigenvalue weighted by atomic mass is 16.6. The molecule has 7 rings (SSSR count). The molecule has 3 aromatic rings. The molecule has 3 fully saturated rings. The van der Waals surface area contributed by atoms with Crippen molar-refractivity contribution in [1.29, 1.82) is 0 Å². The molecule has 15 nitrogen and oxygen atoms in total. The van der Waals surface area contributed by atoms with Crippen LogP contribution in [-0.4, -0.2) is 105 Å². The molecule has 15 heteroatoms. The number of carbonyl (C=O) groups excluding carboxylic acids is 6. The van der Waals surface area contributed by atoms with Crippen LogP contribution in [0.1, 0.15) is 86.7 Å². The molecule has 3 aliphatic carbocycles. The minimum absolute atomic E-state index is 0.00289. The first-order valence-electron chi connectivity index (χ1n) is 20.5. The van der Waals surface area contributed by atoms with Gasteiger partial charge < -0.3 is 44.3 Å². The van der Waals surface area contributed by atoms with E-state index in [9.17, 15) is 39.3 Å². The summed E-state index contributed by atoms with van der Waals surface area (Å²) in [4.78, 5) is 83.5. The van der Waals surface area contributed by atoms with E-state index in [1.54, 1.807) is 92.7 Å². The molecule has 0 unspecified atom stereocenters. The highest BCUT2D eigenvalue weighted by Crippen LogP contribution is 2.64. The molecular weight excluding hydrogens is 814 g/mol. The Kier molecular flexibility index (Phi) is 11.8. The summed E-state index contributed by atoms with van der Waals surface area (Å²) in [5.74, 6) is -6.84. The zero-order valence-corrected chi connectivity index (χ0v) is 35.2. The van der Waals surface area contributed by atoms with Gasteiger partial charge in [0.2, 0.25) is 0 Å². The molecule has 0 spiro atoms.